The van der Waals surface area contributed by atoms with Gasteiger partial charge in [-0.05, 0) is 17.5 Å². The van der Waals surface area contributed by atoms with E-state index in [1.807, 2.05) is 18.2 Å². The van der Waals surface area contributed by atoms with Crippen LogP contribution in [-0.4, -0.2) is 78.7 Å². The molecular formula is C20H24N4O5S. The fraction of sp³-hybridized carbons (Fsp3) is 0.550. The van der Waals surface area contributed by atoms with Crippen molar-refractivity contribution < 1.29 is 22.8 Å². The van der Waals surface area contributed by atoms with Gasteiger partial charge in [-0.3, -0.25) is 24.6 Å². The molecule has 0 bridgehead atoms. The van der Waals surface area contributed by atoms with Gasteiger partial charge < -0.3 is 10.2 Å². The number of sulfone groups is 1. The number of carbonyl (C=O) groups excluding carboxylic acids is 3. The lowest BCUT2D eigenvalue weighted by molar-refractivity contribution is -0.136. The summed E-state index contributed by atoms with van der Waals surface area (Å²) in [4.78, 5) is 40.7. The van der Waals surface area contributed by atoms with Crippen molar-refractivity contribution in [2.75, 3.05) is 24.6 Å². The first kappa shape index (κ1) is 19.7. The molecule has 0 radical (unpaired) electrons. The van der Waals surface area contributed by atoms with Gasteiger partial charge in [0.1, 0.15) is 6.04 Å². The Hall–Kier alpha value is -2.30. The van der Waals surface area contributed by atoms with E-state index < -0.39 is 21.8 Å². The summed E-state index contributed by atoms with van der Waals surface area (Å²) in [6.45, 7) is 2.26. The van der Waals surface area contributed by atoms with Crippen molar-refractivity contribution in [1.29, 1.82) is 0 Å². The minimum Gasteiger partial charge on any atom is -0.322 e. The van der Waals surface area contributed by atoms with Crippen LogP contribution in [0, 0.1) is 0 Å². The summed E-state index contributed by atoms with van der Waals surface area (Å²) in [5.41, 5.74) is 2.34. The van der Waals surface area contributed by atoms with Crippen LogP contribution < -0.4 is 10.6 Å². The van der Waals surface area contributed by atoms with E-state index in [4.69, 9.17) is 0 Å². The zero-order valence-corrected chi connectivity index (χ0v) is 17.3. The normalized spacial score (nSPS) is 30.9. The first-order valence-corrected chi connectivity index (χ1v) is 12.1. The van der Waals surface area contributed by atoms with Gasteiger partial charge in [-0.2, -0.15) is 0 Å². The predicted molar refractivity (Wildman–Crippen MR) is 107 cm³/mol. The maximum Gasteiger partial charge on any atom is 0.255 e. The summed E-state index contributed by atoms with van der Waals surface area (Å²) in [6.07, 6.45) is 0.556. The first-order chi connectivity index (χ1) is 14.3. The zero-order valence-electron chi connectivity index (χ0n) is 16.5. The third-order valence-corrected chi connectivity index (χ3v) is 8.33. The molecule has 5 rings (SSSR count). The molecule has 30 heavy (non-hydrogen) atoms. The Morgan fingerprint density at radius 2 is 1.97 bits per heavy atom. The molecule has 1 aromatic carbocycles. The van der Waals surface area contributed by atoms with Gasteiger partial charge in [-0.15, -0.1) is 0 Å². The van der Waals surface area contributed by atoms with Crippen LogP contribution in [0.1, 0.15) is 34.3 Å². The Balaban J connectivity index is 1.39. The average molecular weight is 433 g/mol. The molecular weight excluding hydrogens is 408 g/mol. The number of fused-ring (bicyclic) bond motifs is 2. The van der Waals surface area contributed by atoms with Crippen LogP contribution in [0.25, 0.3) is 0 Å². The molecule has 0 spiro atoms. The third kappa shape index (κ3) is 3.32. The monoisotopic (exact) mass is 432 g/mol. The fourth-order valence-electron chi connectivity index (χ4n) is 5.18. The Morgan fingerprint density at radius 1 is 1.13 bits per heavy atom. The molecule has 160 valence electrons. The molecule has 3 amide bonds. The smallest absolute Gasteiger partial charge is 0.255 e. The second-order valence-electron chi connectivity index (χ2n) is 8.53. The lowest BCUT2D eigenvalue weighted by atomic mass is 10.00. The van der Waals surface area contributed by atoms with Gasteiger partial charge in [0.25, 0.3) is 5.91 Å². The summed E-state index contributed by atoms with van der Waals surface area (Å²) in [5.74, 6) is -0.629. The van der Waals surface area contributed by atoms with Crippen LogP contribution in [0.15, 0.2) is 18.2 Å². The van der Waals surface area contributed by atoms with Crippen molar-refractivity contribution >= 4 is 27.6 Å². The van der Waals surface area contributed by atoms with Gasteiger partial charge in [-0.25, -0.2) is 8.42 Å². The lowest BCUT2D eigenvalue weighted by Gasteiger charge is -2.37. The lowest BCUT2D eigenvalue weighted by Crippen LogP contribution is -2.56. The number of imide groups is 1. The van der Waals surface area contributed by atoms with Crippen molar-refractivity contribution in [2.45, 2.75) is 44.1 Å². The first-order valence-electron chi connectivity index (χ1n) is 10.3. The van der Waals surface area contributed by atoms with Gasteiger partial charge in [0.2, 0.25) is 11.8 Å². The van der Waals surface area contributed by atoms with Crippen molar-refractivity contribution in [3.63, 3.8) is 0 Å². The molecule has 4 heterocycles. The van der Waals surface area contributed by atoms with E-state index in [2.05, 4.69) is 15.5 Å². The minimum atomic E-state index is -3.06. The largest absolute Gasteiger partial charge is 0.322 e. The molecule has 4 aliphatic rings. The highest BCUT2D eigenvalue weighted by molar-refractivity contribution is 7.91. The summed E-state index contributed by atoms with van der Waals surface area (Å²) < 4.78 is 24.2. The van der Waals surface area contributed by atoms with Gasteiger partial charge >= 0.3 is 0 Å². The summed E-state index contributed by atoms with van der Waals surface area (Å²) in [6, 6.07) is 4.90. The van der Waals surface area contributed by atoms with Gasteiger partial charge in [0.05, 0.1) is 11.5 Å². The van der Waals surface area contributed by atoms with Crippen molar-refractivity contribution in [3.05, 3.63) is 34.9 Å². The molecule has 10 heteroatoms. The molecule has 2 N–H and O–H groups in total. The maximum atomic E-state index is 13.3. The van der Waals surface area contributed by atoms with Gasteiger partial charge in [0.15, 0.2) is 9.84 Å². The predicted octanol–water partition coefficient (Wildman–Crippen LogP) is -0.982. The van der Waals surface area contributed by atoms with E-state index in [-0.39, 0.29) is 41.8 Å². The van der Waals surface area contributed by atoms with Crippen molar-refractivity contribution in [2.24, 2.45) is 0 Å². The zero-order chi connectivity index (χ0) is 21.0. The Labute approximate surface area is 174 Å². The van der Waals surface area contributed by atoms with E-state index in [1.165, 1.54) is 0 Å². The summed E-state index contributed by atoms with van der Waals surface area (Å²) >= 11 is 0. The van der Waals surface area contributed by atoms with E-state index in [0.29, 0.717) is 38.2 Å². The highest BCUT2D eigenvalue weighted by atomic mass is 32.2. The minimum absolute atomic E-state index is 0.0730. The summed E-state index contributed by atoms with van der Waals surface area (Å²) in [5, 5.41) is 5.63. The topological polar surface area (TPSA) is 116 Å². The quantitative estimate of drug-likeness (QED) is 0.590. The van der Waals surface area contributed by atoms with E-state index in [9.17, 15) is 22.8 Å². The number of hydrogen-bond donors (Lipinski definition) is 2. The standard InChI is InChI=1S/C20H24N4O5S/c25-17-5-4-15(19(26)22-17)24-9-13-3-1-2-12(18(13)20(24)27)8-23-7-6-21-14-10-30(28,29)11-16(14)23/h1-3,14-16,21H,4-11H2,(H,22,25,26)/t14-,15?,16+/m0/s1. The second-order valence-corrected chi connectivity index (χ2v) is 10.7. The molecule has 3 fully saturated rings. The summed E-state index contributed by atoms with van der Waals surface area (Å²) in [7, 11) is -3.06. The Kier molecular flexibility index (Phi) is 4.68. The average Bonchev–Trinajstić information content (AvgIpc) is 3.18. The Morgan fingerprint density at radius 3 is 2.77 bits per heavy atom. The molecule has 3 saturated heterocycles. The second kappa shape index (κ2) is 7.14. The van der Waals surface area contributed by atoms with E-state index in [1.54, 1.807) is 4.90 Å². The van der Waals surface area contributed by atoms with Crippen LogP contribution >= 0.6 is 0 Å². The number of amides is 3. The SMILES string of the molecule is O=C1CCC(N2Cc3cccc(CN4CCN[C@H]5CS(=O)(=O)C[C@H]54)c3C2=O)C(=O)N1. The number of carbonyl (C=O) groups is 3. The number of piperidine rings is 1. The van der Waals surface area contributed by atoms with E-state index in [0.717, 1.165) is 11.1 Å². The van der Waals surface area contributed by atoms with Gasteiger partial charge in [0, 0.05) is 50.2 Å². The number of hydrogen-bond acceptors (Lipinski definition) is 7. The van der Waals surface area contributed by atoms with Crippen LogP contribution in [0.5, 0.6) is 0 Å². The molecule has 9 nitrogen and oxygen atoms in total. The molecule has 3 atom stereocenters. The van der Waals surface area contributed by atoms with Crippen molar-refractivity contribution in [3.8, 4) is 0 Å². The van der Waals surface area contributed by atoms with Crippen molar-refractivity contribution in [1.82, 2.24) is 20.4 Å². The maximum absolute atomic E-state index is 13.3. The molecule has 0 aliphatic carbocycles. The van der Waals surface area contributed by atoms with E-state index >= 15 is 0 Å². The molecule has 0 aromatic heterocycles. The number of nitrogens with zero attached hydrogens (tertiary/aromatic N) is 2. The molecule has 1 unspecified atom stereocenters. The van der Waals surface area contributed by atoms with Crippen LogP contribution in [-0.2, 0) is 32.5 Å². The molecule has 4 aliphatic heterocycles. The number of piperazine rings is 1. The third-order valence-electron chi connectivity index (χ3n) is 6.61. The molecule has 0 saturated carbocycles. The van der Waals surface area contributed by atoms with Crippen LogP contribution in [0.4, 0.5) is 0 Å². The van der Waals surface area contributed by atoms with Crippen LogP contribution in [0.3, 0.4) is 0 Å². The fourth-order valence-corrected chi connectivity index (χ4v) is 7.17. The number of rotatable bonds is 3. The Bertz CT molecular complexity index is 1040. The van der Waals surface area contributed by atoms with Gasteiger partial charge in [-0.1, -0.05) is 18.2 Å². The highest BCUT2D eigenvalue weighted by Gasteiger charge is 2.44. The van der Waals surface area contributed by atoms with Crippen LogP contribution in [0.2, 0.25) is 0 Å². The number of benzene rings is 1. The number of nitrogens with one attached hydrogen (secondary N) is 2. The highest BCUT2D eigenvalue weighted by Crippen LogP contribution is 2.31. The molecule has 1 aromatic rings.